The Morgan fingerprint density at radius 3 is 2.02 bits per heavy atom. The zero-order valence-corrected chi connectivity index (χ0v) is 34.5. The smallest absolute Gasteiger partial charge is 0.0554 e. The molecule has 0 bridgehead atoms. The third-order valence-corrected chi connectivity index (χ3v) is 15.5. The van der Waals surface area contributed by atoms with E-state index in [1.54, 1.807) is 0 Å². The van der Waals surface area contributed by atoms with Gasteiger partial charge in [0, 0.05) is 42.4 Å². The predicted octanol–water partition coefficient (Wildman–Crippen LogP) is 15.9. The Morgan fingerprint density at radius 1 is 0.483 bits per heavy atom. The molecule has 0 saturated heterocycles. The van der Waals surface area contributed by atoms with Crippen molar-refractivity contribution in [2.75, 3.05) is 4.90 Å². The van der Waals surface area contributed by atoms with E-state index in [2.05, 4.69) is 207 Å². The summed E-state index contributed by atoms with van der Waals surface area (Å²) in [6.07, 6.45) is 2.16. The van der Waals surface area contributed by atoms with Crippen molar-refractivity contribution in [1.82, 2.24) is 0 Å². The molecule has 0 aliphatic heterocycles. The molecular weight excluding hydrogens is 743 g/mol. The van der Waals surface area contributed by atoms with Crippen molar-refractivity contribution < 1.29 is 0 Å². The first kappa shape index (κ1) is 34.2. The highest BCUT2D eigenvalue weighted by Crippen LogP contribution is 2.60. The highest BCUT2D eigenvalue weighted by Gasteiger charge is 2.48. The summed E-state index contributed by atoms with van der Waals surface area (Å²) >= 11 is 1.91. The molecule has 3 aliphatic rings. The summed E-state index contributed by atoms with van der Waals surface area (Å²) in [5, 5.41) is 5.21. The lowest BCUT2D eigenvalue weighted by Crippen LogP contribution is -2.24. The first-order valence-corrected chi connectivity index (χ1v) is 22.1. The first-order valence-electron chi connectivity index (χ1n) is 21.3. The van der Waals surface area contributed by atoms with E-state index >= 15 is 0 Å². The SMILES string of the molecule is CC1(C)c2ccccc2-c2cccc(-c3ccc(N(c4ccc5c(c4)C4(CCc6ccccc64)c4ccccc4-5)c4cccc5sc6c7ccccc7ccc6c45)cc3)c21. The molecule has 9 aromatic carbocycles. The molecule has 0 radical (unpaired) electrons. The lowest BCUT2D eigenvalue weighted by molar-refractivity contribution is 0.626. The van der Waals surface area contributed by atoms with Gasteiger partial charge in [-0.2, -0.15) is 0 Å². The molecule has 3 aliphatic carbocycles. The van der Waals surface area contributed by atoms with Crippen molar-refractivity contribution in [1.29, 1.82) is 0 Å². The molecule has 1 nitrogen and oxygen atoms in total. The van der Waals surface area contributed by atoms with E-state index in [0.29, 0.717) is 0 Å². The largest absolute Gasteiger partial charge is 0.310 e. The second kappa shape index (κ2) is 12.4. The van der Waals surface area contributed by atoms with Gasteiger partial charge in [0.2, 0.25) is 0 Å². The van der Waals surface area contributed by atoms with Crippen LogP contribution >= 0.6 is 11.3 Å². The van der Waals surface area contributed by atoms with Gasteiger partial charge in [-0.25, -0.2) is 0 Å². The van der Waals surface area contributed by atoms with Crippen molar-refractivity contribution in [2.45, 2.75) is 37.5 Å². The number of thiophene rings is 1. The van der Waals surface area contributed by atoms with E-state index in [-0.39, 0.29) is 10.8 Å². The molecule has 0 N–H and O–H groups in total. The average Bonchev–Trinajstić information content (AvgIpc) is 4.02. The number of rotatable bonds is 4. The normalized spacial score (nSPS) is 16.6. The van der Waals surface area contributed by atoms with Crippen LogP contribution in [0, 0.1) is 0 Å². The summed E-state index contributed by atoms with van der Waals surface area (Å²) in [6, 6.07) is 71.2. The van der Waals surface area contributed by atoms with Crippen LogP contribution in [-0.2, 0) is 17.3 Å². The molecule has 1 heterocycles. The molecule has 1 spiro atoms. The van der Waals surface area contributed by atoms with Crippen LogP contribution in [0.1, 0.15) is 53.6 Å². The molecule has 1 atom stereocenters. The highest BCUT2D eigenvalue weighted by atomic mass is 32.1. The second-order valence-corrected chi connectivity index (χ2v) is 18.6. The summed E-state index contributed by atoms with van der Waals surface area (Å²) in [5.41, 5.74) is 19.9. The fourth-order valence-corrected chi connectivity index (χ4v) is 13.0. The molecule has 1 unspecified atom stereocenters. The van der Waals surface area contributed by atoms with Gasteiger partial charge in [-0.05, 0) is 127 Å². The van der Waals surface area contributed by atoms with E-state index < -0.39 is 0 Å². The van der Waals surface area contributed by atoms with Gasteiger partial charge in [0.15, 0.2) is 0 Å². The molecule has 10 aromatic rings. The Bertz CT molecular complexity index is 3420. The standard InChI is InChI=1S/C58H41NS/c1-57(2)49-21-9-6-17-44(49)46-19-11-18-41(55(46)57)37-25-28-39(29-26-37)59(52-23-12-24-53-54(52)47-31-27-36-13-3-5-15-42(36)56(47)60-53)40-30-32-45-43-16-7-10-22-50(43)58(51(45)35-40)34-33-38-14-4-8-20-48(38)58/h3-32,35H,33-34H2,1-2H3. The Kier molecular flexibility index (Phi) is 7.05. The maximum absolute atomic E-state index is 2.54. The molecule has 1 aromatic heterocycles. The summed E-state index contributed by atoms with van der Waals surface area (Å²) in [5.74, 6) is 0. The van der Waals surface area contributed by atoms with Crippen molar-refractivity contribution in [3.8, 4) is 33.4 Å². The average molecular weight is 784 g/mol. The van der Waals surface area contributed by atoms with Crippen LogP contribution in [0.25, 0.3) is 64.3 Å². The van der Waals surface area contributed by atoms with Gasteiger partial charge < -0.3 is 4.90 Å². The molecule has 60 heavy (non-hydrogen) atoms. The van der Waals surface area contributed by atoms with Crippen LogP contribution in [0.4, 0.5) is 17.1 Å². The van der Waals surface area contributed by atoms with Gasteiger partial charge in [0.05, 0.1) is 5.69 Å². The van der Waals surface area contributed by atoms with E-state index in [0.717, 1.165) is 18.5 Å². The van der Waals surface area contributed by atoms with Crippen LogP contribution in [0.3, 0.4) is 0 Å². The number of nitrogens with zero attached hydrogens (tertiary/aromatic N) is 1. The van der Waals surface area contributed by atoms with Gasteiger partial charge in [-0.3, -0.25) is 0 Å². The fourth-order valence-electron chi connectivity index (χ4n) is 11.7. The Hall–Kier alpha value is -6.74. The minimum absolute atomic E-state index is 0.0934. The molecular formula is C58H41NS. The predicted molar refractivity (Wildman–Crippen MR) is 255 cm³/mol. The molecule has 284 valence electrons. The lowest BCUT2D eigenvalue weighted by atomic mass is 9.73. The maximum Gasteiger partial charge on any atom is 0.0554 e. The summed E-state index contributed by atoms with van der Waals surface area (Å²) in [7, 11) is 0. The number of aryl methyl sites for hydroxylation is 1. The fraction of sp³-hybridized carbons (Fsp3) is 0.103. The Balaban J connectivity index is 1.04. The molecule has 0 fully saturated rings. The first-order chi connectivity index (χ1) is 29.5. The monoisotopic (exact) mass is 783 g/mol. The maximum atomic E-state index is 2.54. The van der Waals surface area contributed by atoms with E-state index in [1.165, 1.54) is 109 Å². The third-order valence-electron chi connectivity index (χ3n) is 14.3. The number of fused-ring (bicyclic) bond motifs is 15. The van der Waals surface area contributed by atoms with Gasteiger partial charge in [0.25, 0.3) is 0 Å². The Morgan fingerprint density at radius 2 is 1.15 bits per heavy atom. The second-order valence-electron chi connectivity index (χ2n) is 17.5. The zero-order valence-electron chi connectivity index (χ0n) is 33.7. The van der Waals surface area contributed by atoms with Gasteiger partial charge >= 0.3 is 0 Å². The number of hydrogen-bond donors (Lipinski definition) is 0. The van der Waals surface area contributed by atoms with Crippen LogP contribution in [0.15, 0.2) is 188 Å². The van der Waals surface area contributed by atoms with Gasteiger partial charge in [0.1, 0.15) is 0 Å². The van der Waals surface area contributed by atoms with Crippen LogP contribution < -0.4 is 4.90 Å². The minimum Gasteiger partial charge on any atom is -0.310 e. The van der Waals surface area contributed by atoms with Crippen LogP contribution in [-0.4, -0.2) is 0 Å². The van der Waals surface area contributed by atoms with Crippen LogP contribution in [0.5, 0.6) is 0 Å². The highest BCUT2D eigenvalue weighted by molar-refractivity contribution is 7.26. The minimum atomic E-state index is -0.174. The number of benzene rings is 9. The van der Waals surface area contributed by atoms with Crippen molar-refractivity contribution in [3.05, 3.63) is 221 Å². The summed E-state index contributed by atoms with van der Waals surface area (Å²) < 4.78 is 2.65. The lowest BCUT2D eigenvalue weighted by Gasteiger charge is -2.31. The zero-order chi connectivity index (χ0) is 39.7. The van der Waals surface area contributed by atoms with Gasteiger partial charge in [-0.15, -0.1) is 11.3 Å². The number of anilines is 3. The molecule has 0 saturated carbocycles. The van der Waals surface area contributed by atoms with Gasteiger partial charge in [-0.1, -0.05) is 166 Å². The quantitative estimate of drug-likeness (QED) is 0.172. The molecule has 0 amide bonds. The molecule has 13 rings (SSSR count). The van der Waals surface area contributed by atoms with E-state index in [1.807, 2.05) is 11.3 Å². The van der Waals surface area contributed by atoms with E-state index in [9.17, 15) is 0 Å². The summed E-state index contributed by atoms with van der Waals surface area (Å²) in [4.78, 5) is 2.54. The molecule has 2 heteroatoms. The third kappa shape index (κ3) is 4.52. The van der Waals surface area contributed by atoms with E-state index in [4.69, 9.17) is 0 Å². The topological polar surface area (TPSA) is 3.24 Å². The number of hydrogen-bond acceptors (Lipinski definition) is 2. The van der Waals surface area contributed by atoms with Crippen molar-refractivity contribution >= 4 is 59.3 Å². The van der Waals surface area contributed by atoms with Crippen molar-refractivity contribution in [3.63, 3.8) is 0 Å². The Labute approximate surface area is 354 Å². The van der Waals surface area contributed by atoms with Crippen molar-refractivity contribution in [2.24, 2.45) is 0 Å². The van der Waals surface area contributed by atoms with Crippen LogP contribution in [0.2, 0.25) is 0 Å². The summed E-state index contributed by atoms with van der Waals surface area (Å²) in [6.45, 7) is 4.77.